The summed E-state index contributed by atoms with van der Waals surface area (Å²) < 4.78 is 0. The van der Waals surface area contributed by atoms with E-state index < -0.39 is 5.97 Å². The van der Waals surface area contributed by atoms with Crippen LogP contribution in [0.1, 0.15) is 36.5 Å². The van der Waals surface area contributed by atoms with Crippen LogP contribution in [-0.2, 0) is 29.0 Å². The van der Waals surface area contributed by atoms with Crippen molar-refractivity contribution in [2.75, 3.05) is 6.54 Å². The molecule has 0 radical (unpaired) electrons. The lowest BCUT2D eigenvalue weighted by Crippen LogP contribution is -2.50. The highest BCUT2D eigenvalue weighted by Gasteiger charge is 2.26. The minimum atomic E-state index is -0.840. The summed E-state index contributed by atoms with van der Waals surface area (Å²) in [4.78, 5) is 26.1. The van der Waals surface area contributed by atoms with E-state index in [9.17, 15) is 9.59 Å². The van der Waals surface area contributed by atoms with E-state index in [2.05, 4.69) is 28.4 Å². The molecule has 1 heterocycles. The van der Waals surface area contributed by atoms with Gasteiger partial charge in [0.1, 0.15) is 0 Å². The van der Waals surface area contributed by atoms with Gasteiger partial charge in [-0.25, -0.2) is 0 Å². The largest absolute Gasteiger partial charge is 0.481 e. The molecule has 28 heavy (non-hydrogen) atoms. The minimum Gasteiger partial charge on any atom is -0.481 e. The van der Waals surface area contributed by atoms with Crippen molar-refractivity contribution in [3.63, 3.8) is 0 Å². The van der Waals surface area contributed by atoms with Crippen molar-refractivity contribution < 1.29 is 14.7 Å². The molecule has 2 aromatic carbocycles. The molecular formula is C23H28N2O3. The first kappa shape index (κ1) is 20.1. The monoisotopic (exact) mass is 380 g/mol. The zero-order valence-corrected chi connectivity index (χ0v) is 16.3. The van der Waals surface area contributed by atoms with Crippen molar-refractivity contribution in [2.24, 2.45) is 0 Å². The molecule has 148 valence electrons. The van der Waals surface area contributed by atoms with Crippen LogP contribution in [0.5, 0.6) is 0 Å². The van der Waals surface area contributed by atoms with Gasteiger partial charge in [0.05, 0.1) is 6.04 Å². The number of hydrogen-bond donors (Lipinski definition) is 2. The van der Waals surface area contributed by atoms with Gasteiger partial charge in [-0.2, -0.15) is 0 Å². The summed E-state index contributed by atoms with van der Waals surface area (Å²) >= 11 is 0. The van der Waals surface area contributed by atoms with Crippen LogP contribution in [0.2, 0.25) is 0 Å². The summed E-state index contributed by atoms with van der Waals surface area (Å²) in [7, 11) is 0. The van der Waals surface area contributed by atoms with E-state index in [-0.39, 0.29) is 24.4 Å². The molecule has 0 aromatic heterocycles. The van der Waals surface area contributed by atoms with E-state index in [1.165, 1.54) is 11.1 Å². The SMILES string of the molecule is CC(C(=O)NC(CCC(=O)O)Cc1ccccc1)N1CCc2ccccc2C1. The number of benzene rings is 2. The fraction of sp³-hybridized carbons (Fsp3) is 0.391. The number of rotatable bonds is 8. The van der Waals surface area contributed by atoms with Crippen molar-refractivity contribution in [1.29, 1.82) is 0 Å². The highest BCUT2D eigenvalue weighted by atomic mass is 16.4. The number of nitrogens with zero attached hydrogens (tertiary/aromatic N) is 1. The first-order valence-corrected chi connectivity index (χ1v) is 9.90. The minimum absolute atomic E-state index is 0.0364. The van der Waals surface area contributed by atoms with Gasteiger partial charge in [0.15, 0.2) is 0 Å². The molecule has 0 spiro atoms. The Labute approximate surface area is 166 Å². The van der Waals surface area contributed by atoms with Gasteiger partial charge in [-0.05, 0) is 42.9 Å². The summed E-state index contributed by atoms with van der Waals surface area (Å²) in [5.74, 6) is -0.876. The van der Waals surface area contributed by atoms with Gasteiger partial charge in [0, 0.05) is 25.6 Å². The molecule has 1 amide bonds. The van der Waals surface area contributed by atoms with E-state index in [1.807, 2.05) is 43.3 Å². The van der Waals surface area contributed by atoms with Crippen LogP contribution < -0.4 is 5.32 Å². The van der Waals surface area contributed by atoms with Crippen molar-refractivity contribution in [1.82, 2.24) is 10.2 Å². The highest BCUT2D eigenvalue weighted by molar-refractivity contribution is 5.81. The topological polar surface area (TPSA) is 69.6 Å². The molecule has 1 aliphatic rings. The van der Waals surface area contributed by atoms with Crippen LogP contribution in [0.3, 0.4) is 0 Å². The predicted octanol–water partition coefficient (Wildman–Crippen LogP) is 3.03. The van der Waals surface area contributed by atoms with Crippen LogP contribution in [-0.4, -0.2) is 40.5 Å². The van der Waals surface area contributed by atoms with Crippen molar-refractivity contribution >= 4 is 11.9 Å². The van der Waals surface area contributed by atoms with E-state index >= 15 is 0 Å². The van der Waals surface area contributed by atoms with Crippen molar-refractivity contribution in [3.8, 4) is 0 Å². The first-order valence-electron chi connectivity index (χ1n) is 9.90. The Balaban J connectivity index is 1.62. The van der Waals surface area contributed by atoms with E-state index in [4.69, 9.17) is 5.11 Å². The molecule has 0 saturated heterocycles. The molecule has 2 atom stereocenters. The summed E-state index contributed by atoms with van der Waals surface area (Å²) in [6.45, 7) is 3.55. The molecule has 0 fully saturated rings. The Morgan fingerprint density at radius 3 is 2.46 bits per heavy atom. The number of carbonyl (C=O) groups is 2. The molecule has 0 saturated carbocycles. The standard InChI is InChI=1S/C23H28N2O3/c1-17(25-14-13-19-9-5-6-10-20(19)16-25)23(28)24-21(11-12-22(26)27)15-18-7-3-2-4-8-18/h2-10,17,21H,11-16H2,1H3,(H,24,28)(H,26,27). The quantitative estimate of drug-likeness (QED) is 0.739. The summed E-state index contributed by atoms with van der Waals surface area (Å²) in [5, 5.41) is 12.1. The number of carboxylic acids is 1. The van der Waals surface area contributed by atoms with Gasteiger partial charge < -0.3 is 10.4 Å². The van der Waals surface area contributed by atoms with Crippen molar-refractivity contribution in [3.05, 3.63) is 71.3 Å². The maximum absolute atomic E-state index is 12.9. The van der Waals surface area contributed by atoms with Gasteiger partial charge in [-0.1, -0.05) is 54.6 Å². The Kier molecular flexibility index (Phi) is 6.82. The number of carboxylic acid groups (broad SMARTS) is 1. The second-order valence-electron chi connectivity index (χ2n) is 7.49. The van der Waals surface area contributed by atoms with Crippen LogP contribution in [0, 0.1) is 0 Å². The summed E-state index contributed by atoms with van der Waals surface area (Å²) in [5.41, 5.74) is 3.73. The number of nitrogens with one attached hydrogen (secondary N) is 1. The van der Waals surface area contributed by atoms with Gasteiger partial charge in [-0.15, -0.1) is 0 Å². The van der Waals surface area contributed by atoms with E-state index in [0.717, 1.165) is 25.1 Å². The Morgan fingerprint density at radius 2 is 1.75 bits per heavy atom. The first-order chi connectivity index (χ1) is 13.5. The molecule has 0 aliphatic carbocycles. The molecule has 2 N–H and O–H groups in total. The fourth-order valence-electron chi connectivity index (χ4n) is 3.76. The Bertz CT molecular complexity index is 807. The smallest absolute Gasteiger partial charge is 0.303 e. The molecule has 5 heteroatoms. The van der Waals surface area contributed by atoms with Crippen molar-refractivity contribution in [2.45, 2.75) is 51.2 Å². The number of aliphatic carboxylic acids is 1. The molecule has 1 aliphatic heterocycles. The van der Waals surface area contributed by atoms with Gasteiger partial charge >= 0.3 is 5.97 Å². The number of hydrogen-bond acceptors (Lipinski definition) is 3. The molecular weight excluding hydrogens is 352 g/mol. The summed E-state index contributed by atoms with van der Waals surface area (Å²) in [6.07, 6.45) is 2.05. The number of amides is 1. The van der Waals surface area contributed by atoms with Crippen LogP contribution in [0.4, 0.5) is 0 Å². The fourth-order valence-corrected chi connectivity index (χ4v) is 3.76. The Morgan fingerprint density at radius 1 is 1.07 bits per heavy atom. The van der Waals surface area contributed by atoms with E-state index in [0.29, 0.717) is 12.8 Å². The van der Waals surface area contributed by atoms with Gasteiger partial charge in [0.2, 0.25) is 5.91 Å². The third kappa shape index (κ3) is 5.42. The normalized spacial score (nSPS) is 16.0. The Hall–Kier alpha value is -2.66. The lowest BCUT2D eigenvalue weighted by Gasteiger charge is -2.33. The second kappa shape index (κ2) is 9.51. The average Bonchev–Trinajstić information content (AvgIpc) is 2.71. The maximum Gasteiger partial charge on any atom is 0.303 e. The predicted molar refractivity (Wildman–Crippen MR) is 109 cm³/mol. The molecule has 5 nitrogen and oxygen atoms in total. The molecule has 3 rings (SSSR count). The number of fused-ring (bicyclic) bond motifs is 1. The van der Waals surface area contributed by atoms with E-state index in [1.54, 1.807) is 0 Å². The third-order valence-corrected chi connectivity index (χ3v) is 5.47. The molecule has 2 unspecified atom stereocenters. The van der Waals surface area contributed by atoms with Gasteiger partial charge in [0.25, 0.3) is 0 Å². The van der Waals surface area contributed by atoms with Crippen LogP contribution in [0.25, 0.3) is 0 Å². The number of carbonyl (C=O) groups excluding carboxylic acids is 1. The van der Waals surface area contributed by atoms with Gasteiger partial charge in [-0.3, -0.25) is 14.5 Å². The lowest BCUT2D eigenvalue weighted by molar-refractivity contribution is -0.137. The van der Waals surface area contributed by atoms with Crippen LogP contribution >= 0.6 is 0 Å². The lowest BCUT2D eigenvalue weighted by atomic mass is 9.98. The molecule has 0 bridgehead atoms. The third-order valence-electron chi connectivity index (χ3n) is 5.47. The zero-order valence-electron chi connectivity index (χ0n) is 16.3. The summed E-state index contributed by atoms with van der Waals surface area (Å²) in [6, 6.07) is 17.8. The molecule has 2 aromatic rings. The second-order valence-corrected chi connectivity index (χ2v) is 7.49. The highest BCUT2D eigenvalue weighted by Crippen LogP contribution is 2.20. The maximum atomic E-state index is 12.9. The van der Waals surface area contributed by atoms with Crippen LogP contribution in [0.15, 0.2) is 54.6 Å². The average molecular weight is 380 g/mol. The zero-order chi connectivity index (χ0) is 19.9.